The number of rotatable bonds is 6. The Labute approximate surface area is 144 Å². The smallest absolute Gasteiger partial charge is 0.231 e. The van der Waals surface area contributed by atoms with Gasteiger partial charge in [0.05, 0.1) is 7.11 Å². The number of nitriles is 1. The Bertz CT molecular complexity index is 867. The summed E-state index contributed by atoms with van der Waals surface area (Å²) >= 11 is 0. The van der Waals surface area contributed by atoms with Gasteiger partial charge in [-0.3, -0.25) is 4.79 Å². The van der Waals surface area contributed by atoms with Gasteiger partial charge in [-0.05, 0) is 42.0 Å². The zero-order chi connectivity index (χ0) is 17.6. The van der Waals surface area contributed by atoms with Gasteiger partial charge in [-0.25, -0.2) is 0 Å². The molecule has 0 atom stereocenters. The molecule has 126 valence electrons. The van der Waals surface area contributed by atoms with Crippen LogP contribution in [0.4, 0.5) is 0 Å². The lowest BCUT2D eigenvalue weighted by atomic mass is 10.1. The lowest BCUT2D eigenvalue weighted by Crippen LogP contribution is -1.97. The van der Waals surface area contributed by atoms with Gasteiger partial charge < -0.3 is 18.9 Å². The van der Waals surface area contributed by atoms with E-state index in [1.54, 1.807) is 42.5 Å². The standard InChI is InChI=1S/C19H15NO5/c1-22-18-10-13(3-6-16(18)23-9-8-20)2-5-15(21)14-4-7-17-19(11-14)25-12-24-17/h2-7,10-11H,9,12H2,1H3. The fourth-order valence-electron chi connectivity index (χ4n) is 2.34. The second kappa shape index (κ2) is 7.41. The SMILES string of the molecule is COc1cc(C=CC(=O)c2ccc3c(c2)OCO3)ccc1OCC#N. The summed E-state index contributed by atoms with van der Waals surface area (Å²) in [5, 5.41) is 8.58. The average molecular weight is 337 g/mol. The number of carbonyl (C=O) groups is 1. The van der Waals surface area contributed by atoms with Crippen LogP contribution in [0.1, 0.15) is 15.9 Å². The fourth-order valence-corrected chi connectivity index (χ4v) is 2.34. The first-order chi connectivity index (χ1) is 12.2. The van der Waals surface area contributed by atoms with Crippen molar-refractivity contribution in [2.45, 2.75) is 0 Å². The zero-order valence-electron chi connectivity index (χ0n) is 13.5. The molecule has 0 N–H and O–H groups in total. The van der Waals surface area contributed by atoms with Crippen molar-refractivity contribution >= 4 is 11.9 Å². The van der Waals surface area contributed by atoms with Crippen molar-refractivity contribution in [2.75, 3.05) is 20.5 Å². The third-order valence-electron chi connectivity index (χ3n) is 3.56. The molecule has 0 amide bonds. The number of fused-ring (bicyclic) bond motifs is 1. The highest BCUT2D eigenvalue weighted by atomic mass is 16.7. The Balaban J connectivity index is 1.75. The van der Waals surface area contributed by atoms with E-state index in [-0.39, 0.29) is 19.2 Å². The van der Waals surface area contributed by atoms with Gasteiger partial charge in [-0.2, -0.15) is 5.26 Å². The first-order valence-corrected chi connectivity index (χ1v) is 7.51. The minimum Gasteiger partial charge on any atom is -0.493 e. The lowest BCUT2D eigenvalue weighted by Gasteiger charge is -2.08. The molecule has 0 saturated carbocycles. The van der Waals surface area contributed by atoms with Crippen molar-refractivity contribution in [3.63, 3.8) is 0 Å². The second-order valence-corrected chi connectivity index (χ2v) is 5.12. The number of hydrogen-bond donors (Lipinski definition) is 0. The molecule has 0 aliphatic carbocycles. The van der Waals surface area contributed by atoms with Crippen molar-refractivity contribution < 1.29 is 23.7 Å². The molecule has 0 aromatic heterocycles. The van der Waals surface area contributed by atoms with E-state index in [1.807, 2.05) is 6.07 Å². The van der Waals surface area contributed by atoms with Gasteiger partial charge in [-0.1, -0.05) is 12.1 Å². The monoisotopic (exact) mass is 337 g/mol. The fraction of sp³-hybridized carbons (Fsp3) is 0.158. The lowest BCUT2D eigenvalue weighted by molar-refractivity contribution is 0.104. The molecular formula is C19H15NO5. The zero-order valence-corrected chi connectivity index (χ0v) is 13.5. The van der Waals surface area contributed by atoms with Gasteiger partial charge in [0, 0.05) is 5.56 Å². The van der Waals surface area contributed by atoms with E-state index in [9.17, 15) is 4.79 Å². The van der Waals surface area contributed by atoms with Gasteiger partial charge in [0.25, 0.3) is 0 Å². The van der Waals surface area contributed by atoms with Crippen LogP contribution in [0.15, 0.2) is 42.5 Å². The largest absolute Gasteiger partial charge is 0.493 e. The van der Waals surface area contributed by atoms with Crippen LogP contribution < -0.4 is 18.9 Å². The van der Waals surface area contributed by atoms with Crippen LogP contribution in [0, 0.1) is 11.3 Å². The van der Waals surface area contributed by atoms with Gasteiger partial charge in [0.1, 0.15) is 6.07 Å². The summed E-state index contributed by atoms with van der Waals surface area (Å²) in [7, 11) is 1.51. The number of methoxy groups -OCH3 is 1. The van der Waals surface area contributed by atoms with E-state index >= 15 is 0 Å². The first kappa shape index (κ1) is 16.4. The molecule has 1 heterocycles. The van der Waals surface area contributed by atoms with Gasteiger partial charge in [0.2, 0.25) is 6.79 Å². The third kappa shape index (κ3) is 3.72. The quantitative estimate of drug-likeness (QED) is 0.595. The van der Waals surface area contributed by atoms with Crippen molar-refractivity contribution in [3.8, 4) is 29.1 Å². The highest BCUT2D eigenvalue weighted by Crippen LogP contribution is 2.33. The maximum atomic E-state index is 12.3. The highest BCUT2D eigenvalue weighted by Gasteiger charge is 2.15. The molecule has 0 fully saturated rings. The minimum atomic E-state index is -0.151. The molecule has 1 aliphatic heterocycles. The molecule has 3 rings (SSSR count). The van der Waals surface area contributed by atoms with Crippen molar-refractivity contribution in [3.05, 3.63) is 53.6 Å². The Morgan fingerprint density at radius 1 is 1.20 bits per heavy atom. The predicted molar refractivity (Wildman–Crippen MR) is 90.0 cm³/mol. The Morgan fingerprint density at radius 2 is 2.04 bits per heavy atom. The number of nitrogens with zero attached hydrogens (tertiary/aromatic N) is 1. The van der Waals surface area contributed by atoms with Crippen molar-refractivity contribution in [1.29, 1.82) is 5.26 Å². The van der Waals surface area contributed by atoms with E-state index < -0.39 is 0 Å². The topological polar surface area (TPSA) is 77.8 Å². The maximum Gasteiger partial charge on any atom is 0.231 e. The summed E-state index contributed by atoms with van der Waals surface area (Å²) in [4.78, 5) is 12.3. The molecule has 0 saturated heterocycles. The van der Waals surface area contributed by atoms with E-state index in [0.29, 0.717) is 28.6 Å². The van der Waals surface area contributed by atoms with Gasteiger partial charge in [0.15, 0.2) is 35.4 Å². The predicted octanol–water partition coefficient (Wildman–Crippen LogP) is 3.22. The number of benzene rings is 2. The van der Waals surface area contributed by atoms with Crippen LogP contribution >= 0.6 is 0 Å². The van der Waals surface area contributed by atoms with Crippen LogP contribution in [0.5, 0.6) is 23.0 Å². The highest BCUT2D eigenvalue weighted by molar-refractivity contribution is 6.07. The molecule has 2 aromatic rings. The summed E-state index contributed by atoms with van der Waals surface area (Å²) in [6.07, 6.45) is 3.16. The second-order valence-electron chi connectivity index (χ2n) is 5.12. The maximum absolute atomic E-state index is 12.3. The number of ketones is 1. The molecular weight excluding hydrogens is 322 g/mol. The summed E-state index contributed by atoms with van der Waals surface area (Å²) in [5.41, 5.74) is 1.29. The molecule has 0 unspecified atom stereocenters. The Kier molecular flexibility index (Phi) is 4.86. The number of ether oxygens (including phenoxy) is 4. The van der Waals surface area contributed by atoms with Gasteiger partial charge >= 0.3 is 0 Å². The van der Waals surface area contributed by atoms with Gasteiger partial charge in [-0.15, -0.1) is 0 Å². The molecule has 25 heavy (non-hydrogen) atoms. The third-order valence-corrected chi connectivity index (χ3v) is 3.56. The number of hydrogen-bond acceptors (Lipinski definition) is 6. The molecule has 0 radical (unpaired) electrons. The molecule has 1 aliphatic rings. The normalized spacial score (nSPS) is 12.0. The first-order valence-electron chi connectivity index (χ1n) is 7.51. The molecule has 0 bridgehead atoms. The average Bonchev–Trinajstić information content (AvgIpc) is 3.12. The summed E-state index contributed by atoms with van der Waals surface area (Å²) in [6, 6.07) is 12.2. The van der Waals surface area contributed by atoms with E-state index in [0.717, 1.165) is 5.56 Å². The Hall–Kier alpha value is -3.46. The summed E-state index contributed by atoms with van der Waals surface area (Å²) in [5.74, 6) is 2.02. The van der Waals surface area contributed by atoms with Crippen LogP contribution in [0.2, 0.25) is 0 Å². The van der Waals surface area contributed by atoms with Crippen LogP contribution in [0.25, 0.3) is 6.08 Å². The van der Waals surface area contributed by atoms with E-state index in [4.69, 9.17) is 24.2 Å². The van der Waals surface area contributed by atoms with Crippen molar-refractivity contribution in [2.24, 2.45) is 0 Å². The summed E-state index contributed by atoms with van der Waals surface area (Å²) in [6.45, 7) is 0.108. The number of carbonyl (C=O) groups excluding carboxylic acids is 1. The Morgan fingerprint density at radius 3 is 2.84 bits per heavy atom. The van der Waals surface area contributed by atoms with Crippen LogP contribution in [-0.2, 0) is 0 Å². The number of allylic oxidation sites excluding steroid dienone is 1. The minimum absolute atomic E-state index is 0.0614. The van der Waals surface area contributed by atoms with Crippen molar-refractivity contribution in [1.82, 2.24) is 0 Å². The molecule has 6 nitrogen and oxygen atoms in total. The van der Waals surface area contributed by atoms with Crippen LogP contribution in [0.3, 0.4) is 0 Å². The summed E-state index contributed by atoms with van der Waals surface area (Å²) < 4.78 is 21.0. The molecule has 0 spiro atoms. The molecule has 6 heteroatoms. The van der Waals surface area contributed by atoms with Crippen LogP contribution in [-0.4, -0.2) is 26.3 Å². The van der Waals surface area contributed by atoms with E-state index in [1.165, 1.54) is 13.2 Å². The van der Waals surface area contributed by atoms with E-state index in [2.05, 4.69) is 0 Å². The molecule has 2 aromatic carbocycles.